The van der Waals surface area contributed by atoms with E-state index in [9.17, 15) is 4.79 Å². The fourth-order valence-electron chi connectivity index (χ4n) is 2.80. The van der Waals surface area contributed by atoms with Gasteiger partial charge in [-0.05, 0) is 36.6 Å². The van der Waals surface area contributed by atoms with Gasteiger partial charge < -0.3 is 20.1 Å². The standard InChI is InChI=1S/C20H24N2O3/c1-13(2)16-6-4-5-7-17(16)22-20(23)14(3)21-15-8-9-18-19(12-15)25-11-10-24-18/h4-9,12-14,21H,10-11H2,1-3H3,(H,22,23)/t14-/m1/s1. The first-order valence-corrected chi connectivity index (χ1v) is 8.60. The highest BCUT2D eigenvalue weighted by Gasteiger charge is 2.17. The van der Waals surface area contributed by atoms with E-state index in [1.54, 1.807) is 0 Å². The molecule has 3 rings (SSSR count). The Labute approximate surface area is 148 Å². The largest absolute Gasteiger partial charge is 0.486 e. The number of nitrogens with one attached hydrogen (secondary N) is 2. The molecule has 0 saturated heterocycles. The van der Waals surface area contributed by atoms with Gasteiger partial charge in [-0.3, -0.25) is 4.79 Å². The number of carbonyl (C=O) groups excluding carboxylic acids is 1. The van der Waals surface area contributed by atoms with Crippen LogP contribution in [-0.2, 0) is 4.79 Å². The minimum Gasteiger partial charge on any atom is -0.486 e. The molecule has 0 aliphatic carbocycles. The molecule has 0 unspecified atom stereocenters. The van der Waals surface area contributed by atoms with Crippen molar-refractivity contribution in [2.24, 2.45) is 0 Å². The average Bonchev–Trinajstić information content (AvgIpc) is 2.61. The molecule has 2 aromatic carbocycles. The van der Waals surface area contributed by atoms with Gasteiger partial charge in [-0.15, -0.1) is 0 Å². The summed E-state index contributed by atoms with van der Waals surface area (Å²) in [6.45, 7) is 7.17. The van der Waals surface area contributed by atoms with Crippen LogP contribution in [0.2, 0.25) is 0 Å². The van der Waals surface area contributed by atoms with E-state index >= 15 is 0 Å². The molecule has 25 heavy (non-hydrogen) atoms. The van der Waals surface area contributed by atoms with Crippen molar-refractivity contribution in [3.63, 3.8) is 0 Å². The van der Waals surface area contributed by atoms with Gasteiger partial charge >= 0.3 is 0 Å². The lowest BCUT2D eigenvalue weighted by atomic mass is 10.0. The number of benzene rings is 2. The van der Waals surface area contributed by atoms with Crippen LogP contribution >= 0.6 is 0 Å². The number of fused-ring (bicyclic) bond motifs is 1. The molecule has 1 atom stereocenters. The van der Waals surface area contributed by atoms with Crippen LogP contribution in [0.4, 0.5) is 11.4 Å². The quantitative estimate of drug-likeness (QED) is 0.863. The van der Waals surface area contributed by atoms with E-state index in [0.29, 0.717) is 24.9 Å². The molecule has 1 amide bonds. The lowest BCUT2D eigenvalue weighted by Gasteiger charge is -2.21. The minimum absolute atomic E-state index is 0.0806. The monoisotopic (exact) mass is 340 g/mol. The van der Waals surface area contributed by atoms with E-state index in [2.05, 4.69) is 24.5 Å². The van der Waals surface area contributed by atoms with Gasteiger partial charge in [0.2, 0.25) is 5.91 Å². The second-order valence-electron chi connectivity index (χ2n) is 6.46. The third-order valence-electron chi connectivity index (χ3n) is 4.16. The Morgan fingerprint density at radius 2 is 1.72 bits per heavy atom. The Morgan fingerprint density at radius 3 is 2.48 bits per heavy atom. The maximum absolute atomic E-state index is 12.6. The van der Waals surface area contributed by atoms with Crippen LogP contribution in [0.15, 0.2) is 42.5 Å². The molecule has 132 valence electrons. The number of rotatable bonds is 5. The number of para-hydroxylation sites is 1. The van der Waals surface area contributed by atoms with Gasteiger partial charge in [0.1, 0.15) is 19.3 Å². The molecular formula is C20H24N2O3. The number of amides is 1. The zero-order valence-corrected chi connectivity index (χ0v) is 14.8. The van der Waals surface area contributed by atoms with E-state index in [4.69, 9.17) is 9.47 Å². The first kappa shape index (κ1) is 17.1. The van der Waals surface area contributed by atoms with Crippen molar-refractivity contribution in [1.82, 2.24) is 0 Å². The Morgan fingerprint density at radius 1 is 1.00 bits per heavy atom. The van der Waals surface area contributed by atoms with Crippen molar-refractivity contribution in [2.75, 3.05) is 23.8 Å². The van der Waals surface area contributed by atoms with Crippen LogP contribution in [0.1, 0.15) is 32.3 Å². The number of ether oxygens (including phenoxy) is 2. The summed E-state index contributed by atoms with van der Waals surface area (Å²) < 4.78 is 11.1. The summed E-state index contributed by atoms with van der Waals surface area (Å²) in [6, 6.07) is 13.1. The summed E-state index contributed by atoms with van der Waals surface area (Å²) in [5.41, 5.74) is 2.81. The average molecular weight is 340 g/mol. The highest BCUT2D eigenvalue weighted by molar-refractivity contribution is 5.97. The second-order valence-corrected chi connectivity index (χ2v) is 6.46. The first-order valence-electron chi connectivity index (χ1n) is 8.60. The van der Waals surface area contributed by atoms with E-state index < -0.39 is 0 Å². The van der Waals surface area contributed by atoms with Crippen molar-refractivity contribution >= 4 is 17.3 Å². The van der Waals surface area contributed by atoms with Gasteiger partial charge in [-0.25, -0.2) is 0 Å². The molecule has 0 aromatic heterocycles. The topological polar surface area (TPSA) is 59.6 Å². The summed E-state index contributed by atoms with van der Waals surface area (Å²) in [6.07, 6.45) is 0. The van der Waals surface area contributed by atoms with Crippen molar-refractivity contribution in [3.8, 4) is 11.5 Å². The highest BCUT2D eigenvalue weighted by atomic mass is 16.6. The molecule has 5 heteroatoms. The van der Waals surface area contributed by atoms with Gasteiger partial charge in [-0.1, -0.05) is 32.0 Å². The number of hydrogen-bond acceptors (Lipinski definition) is 4. The Kier molecular flexibility index (Phi) is 5.12. The molecule has 5 nitrogen and oxygen atoms in total. The van der Waals surface area contributed by atoms with Crippen molar-refractivity contribution < 1.29 is 14.3 Å². The van der Waals surface area contributed by atoms with Gasteiger partial charge in [0, 0.05) is 17.4 Å². The zero-order chi connectivity index (χ0) is 17.8. The Hall–Kier alpha value is -2.69. The third kappa shape index (κ3) is 4.05. The van der Waals surface area contributed by atoms with E-state index in [1.165, 1.54) is 0 Å². The predicted molar refractivity (Wildman–Crippen MR) is 99.7 cm³/mol. The van der Waals surface area contributed by atoms with Crippen LogP contribution in [0, 0.1) is 0 Å². The number of carbonyl (C=O) groups is 1. The molecule has 1 aliphatic rings. The summed E-state index contributed by atoms with van der Waals surface area (Å²) in [4.78, 5) is 12.6. The highest BCUT2D eigenvalue weighted by Crippen LogP contribution is 2.32. The van der Waals surface area contributed by atoms with E-state index in [1.807, 2.05) is 49.4 Å². The van der Waals surface area contributed by atoms with Crippen LogP contribution in [0.3, 0.4) is 0 Å². The molecule has 0 radical (unpaired) electrons. The van der Waals surface area contributed by atoms with Gasteiger partial charge in [0.05, 0.1) is 0 Å². The maximum atomic E-state index is 12.6. The third-order valence-corrected chi connectivity index (χ3v) is 4.16. The van der Waals surface area contributed by atoms with Crippen LogP contribution in [-0.4, -0.2) is 25.2 Å². The van der Waals surface area contributed by atoms with E-state index in [-0.39, 0.29) is 11.9 Å². The minimum atomic E-state index is -0.386. The summed E-state index contributed by atoms with van der Waals surface area (Å²) in [7, 11) is 0. The smallest absolute Gasteiger partial charge is 0.246 e. The normalized spacial score (nSPS) is 14.1. The maximum Gasteiger partial charge on any atom is 0.246 e. The lowest BCUT2D eigenvalue weighted by Crippen LogP contribution is -2.32. The molecular weight excluding hydrogens is 316 g/mol. The van der Waals surface area contributed by atoms with E-state index in [0.717, 1.165) is 22.7 Å². The van der Waals surface area contributed by atoms with Gasteiger partial charge in [-0.2, -0.15) is 0 Å². The van der Waals surface area contributed by atoms with Crippen molar-refractivity contribution in [3.05, 3.63) is 48.0 Å². The molecule has 0 bridgehead atoms. The molecule has 2 aromatic rings. The Balaban J connectivity index is 1.67. The number of hydrogen-bond donors (Lipinski definition) is 2. The molecule has 0 fully saturated rings. The van der Waals surface area contributed by atoms with Gasteiger partial charge in [0.25, 0.3) is 0 Å². The van der Waals surface area contributed by atoms with Crippen LogP contribution in [0.5, 0.6) is 11.5 Å². The molecule has 2 N–H and O–H groups in total. The summed E-state index contributed by atoms with van der Waals surface area (Å²) in [5, 5.41) is 6.23. The molecule has 0 spiro atoms. The first-order chi connectivity index (χ1) is 12.0. The fraction of sp³-hybridized carbons (Fsp3) is 0.350. The zero-order valence-electron chi connectivity index (χ0n) is 14.8. The fourth-order valence-corrected chi connectivity index (χ4v) is 2.80. The SMILES string of the molecule is CC(C)c1ccccc1NC(=O)[C@@H](C)Nc1ccc2c(c1)OCCO2. The predicted octanol–water partition coefficient (Wildman–Crippen LogP) is 4.02. The van der Waals surface area contributed by atoms with Gasteiger partial charge in [0.15, 0.2) is 11.5 Å². The van der Waals surface area contributed by atoms with Crippen molar-refractivity contribution in [2.45, 2.75) is 32.7 Å². The molecule has 1 aliphatic heterocycles. The second kappa shape index (κ2) is 7.47. The van der Waals surface area contributed by atoms with Crippen LogP contribution in [0.25, 0.3) is 0 Å². The molecule has 0 saturated carbocycles. The molecule has 1 heterocycles. The lowest BCUT2D eigenvalue weighted by molar-refractivity contribution is -0.116. The van der Waals surface area contributed by atoms with Crippen LogP contribution < -0.4 is 20.1 Å². The summed E-state index contributed by atoms with van der Waals surface area (Å²) in [5.74, 6) is 1.70. The number of anilines is 2. The van der Waals surface area contributed by atoms with Crippen molar-refractivity contribution in [1.29, 1.82) is 0 Å². The summed E-state index contributed by atoms with van der Waals surface area (Å²) >= 11 is 0. The Bertz CT molecular complexity index is 758.